The average Bonchev–Trinajstić information content (AvgIpc) is 2.08. The van der Waals surface area contributed by atoms with Gasteiger partial charge in [0.2, 0.25) is 0 Å². The lowest BCUT2D eigenvalue weighted by molar-refractivity contribution is -0.305. The molecule has 4 heteroatoms. The van der Waals surface area contributed by atoms with Gasteiger partial charge in [-0.25, -0.2) is 0 Å². The van der Waals surface area contributed by atoms with Crippen molar-refractivity contribution in [2.24, 2.45) is 0 Å². The Morgan fingerprint density at radius 2 is 1.71 bits per heavy atom. The van der Waals surface area contributed by atoms with Crippen LogP contribution in [0, 0.1) is 0 Å². The highest BCUT2D eigenvalue weighted by molar-refractivity contribution is 5.79. The Bertz CT molecular complexity index is 281. The van der Waals surface area contributed by atoms with Gasteiger partial charge in [0.05, 0.1) is 6.10 Å². The lowest BCUT2D eigenvalue weighted by atomic mass is 9.80. The van der Waals surface area contributed by atoms with Crippen LogP contribution in [0.1, 0.15) is 54.4 Å². The molecular formula is C13H25NO3. The third kappa shape index (κ3) is 3.27. The van der Waals surface area contributed by atoms with Gasteiger partial charge in [-0.2, -0.15) is 5.06 Å². The van der Waals surface area contributed by atoms with Crippen LogP contribution in [-0.4, -0.2) is 39.2 Å². The molecule has 1 saturated heterocycles. The van der Waals surface area contributed by atoms with Gasteiger partial charge in [0.15, 0.2) is 5.78 Å². The third-order valence-electron chi connectivity index (χ3n) is 3.41. The van der Waals surface area contributed by atoms with Crippen molar-refractivity contribution in [3.63, 3.8) is 0 Å². The van der Waals surface area contributed by atoms with Crippen molar-refractivity contribution >= 4 is 5.78 Å². The normalized spacial score (nSPS) is 26.8. The van der Waals surface area contributed by atoms with E-state index >= 15 is 0 Å². The lowest BCUT2D eigenvalue weighted by Crippen LogP contribution is -2.62. The van der Waals surface area contributed by atoms with Crippen molar-refractivity contribution in [2.75, 3.05) is 0 Å². The van der Waals surface area contributed by atoms with E-state index in [9.17, 15) is 9.90 Å². The van der Waals surface area contributed by atoms with Gasteiger partial charge in [-0.3, -0.25) is 9.63 Å². The Morgan fingerprint density at radius 1 is 1.29 bits per heavy atom. The summed E-state index contributed by atoms with van der Waals surface area (Å²) in [4.78, 5) is 17.1. The highest BCUT2D eigenvalue weighted by atomic mass is 16.7. The van der Waals surface area contributed by atoms with Crippen LogP contribution in [0.2, 0.25) is 0 Å². The number of Topliss-reactive ketones (excluding diaryl/α,β-unsaturated/α-hetero) is 1. The van der Waals surface area contributed by atoms with Crippen molar-refractivity contribution in [2.45, 2.75) is 77.7 Å². The monoisotopic (exact) mass is 243 g/mol. The molecule has 0 aliphatic carbocycles. The van der Waals surface area contributed by atoms with Crippen LogP contribution in [0.4, 0.5) is 0 Å². The first-order valence-electron chi connectivity index (χ1n) is 6.22. The third-order valence-corrected chi connectivity index (χ3v) is 3.41. The number of aliphatic hydroxyl groups excluding tert-OH is 1. The number of carbonyl (C=O) groups is 1. The Balaban J connectivity index is 2.89. The standard InChI is InChI=1S/C13H25NO3/c1-9(15)10(2)17-14-12(3,4)7-11(16)8-13(14,5)6/h10-11,16H,7-8H2,1-6H3. The van der Waals surface area contributed by atoms with E-state index in [1.807, 2.05) is 32.8 Å². The largest absolute Gasteiger partial charge is 0.393 e. The smallest absolute Gasteiger partial charge is 0.160 e. The van der Waals surface area contributed by atoms with Gasteiger partial charge in [-0.15, -0.1) is 0 Å². The van der Waals surface area contributed by atoms with Crippen LogP contribution in [0.3, 0.4) is 0 Å². The van der Waals surface area contributed by atoms with Crippen LogP contribution in [0.25, 0.3) is 0 Å². The van der Waals surface area contributed by atoms with E-state index in [-0.39, 0.29) is 23.0 Å². The molecule has 4 nitrogen and oxygen atoms in total. The molecule has 0 radical (unpaired) electrons. The second-order valence-electron chi connectivity index (χ2n) is 6.34. The molecule has 1 N–H and O–H groups in total. The van der Waals surface area contributed by atoms with Crippen molar-refractivity contribution in [1.82, 2.24) is 5.06 Å². The quantitative estimate of drug-likeness (QED) is 0.822. The van der Waals surface area contributed by atoms with Crippen molar-refractivity contribution in [1.29, 1.82) is 0 Å². The Hall–Kier alpha value is -0.450. The predicted octanol–water partition coefficient (Wildman–Crippen LogP) is 1.91. The van der Waals surface area contributed by atoms with Crippen LogP contribution in [0.15, 0.2) is 0 Å². The van der Waals surface area contributed by atoms with Crippen LogP contribution in [-0.2, 0) is 9.63 Å². The molecule has 0 aromatic heterocycles. The SMILES string of the molecule is CC(=O)C(C)ON1C(C)(C)CC(O)CC1(C)C. The molecule has 0 aromatic rings. The summed E-state index contributed by atoms with van der Waals surface area (Å²) >= 11 is 0. The maximum atomic E-state index is 11.3. The summed E-state index contributed by atoms with van der Waals surface area (Å²) in [6.45, 7) is 11.4. The van der Waals surface area contributed by atoms with E-state index in [1.54, 1.807) is 6.92 Å². The highest BCUT2D eigenvalue weighted by Gasteiger charge is 2.46. The fourth-order valence-corrected chi connectivity index (χ4v) is 2.73. The van der Waals surface area contributed by atoms with Gasteiger partial charge < -0.3 is 5.11 Å². The molecule has 0 amide bonds. The molecule has 1 fully saturated rings. The Morgan fingerprint density at radius 3 is 2.06 bits per heavy atom. The molecule has 0 spiro atoms. The summed E-state index contributed by atoms with van der Waals surface area (Å²) in [6.07, 6.45) is 0.554. The summed E-state index contributed by atoms with van der Waals surface area (Å²) in [5.74, 6) is 0.0164. The van der Waals surface area contributed by atoms with E-state index in [4.69, 9.17) is 4.84 Å². The topological polar surface area (TPSA) is 49.8 Å². The fourth-order valence-electron chi connectivity index (χ4n) is 2.73. The zero-order chi connectivity index (χ0) is 13.4. The number of aliphatic hydroxyl groups is 1. The number of hydrogen-bond donors (Lipinski definition) is 1. The lowest BCUT2D eigenvalue weighted by Gasteiger charge is -2.53. The van der Waals surface area contributed by atoms with Crippen LogP contribution >= 0.6 is 0 Å². The molecular weight excluding hydrogens is 218 g/mol. The molecule has 0 bridgehead atoms. The number of hydrogen-bond acceptors (Lipinski definition) is 4. The van der Waals surface area contributed by atoms with Gasteiger partial charge in [0.25, 0.3) is 0 Å². The minimum atomic E-state index is -0.441. The van der Waals surface area contributed by atoms with Gasteiger partial charge >= 0.3 is 0 Å². The first kappa shape index (κ1) is 14.6. The van der Waals surface area contributed by atoms with Gasteiger partial charge in [0.1, 0.15) is 6.10 Å². The Labute approximate surface area is 104 Å². The number of carbonyl (C=O) groups excluding carboxylic acids is 1. The maximum Gasteiger partial charge on any atom is 0.160 e. The summed E-state index contributed by atoms with van der Waals surface area (Å²) < 4.78 is 0. The minimum absolute atomic E-state index is 0.0164. The van der Waals surface area contributed by atoms with Crippen molar-refractivity contribution in [3.8, 4) is 0 Å². The molecule has 100 valence electrons. The first-order chi connectivity index (χ1) is 7.56. The second kappa shape index (κ2) is 4.67. The molecule has 1 rings (SSSR count). The minimum Gasteiger partial charge on any atom is -0.393 e. The zero-order valence-corrected chi connectivity index (χ0v) is 11.8. The molecule has 1 aliphatic heterocycles. The molecule has 1 unspecified atom stereocenters. The van der Waals surface area contributed by atoms with Gasteiger partial charge in [-0.1, -0.05) is 0 Å². The number of nitrogens with zero attached hydrogens (tertiary/aromatic N) is 1. The highest BCUT2D eigenvalue weighted by Crippen LogP contribution is 2.38. The number of piperidine rings is 1. The van der Waals surface area contributed by atoms with E-state index in [2.05, 4.69) is 0 Å². The summed E-state index contributed by atoms with van der Waals surface area (Å²) in [5, 5.41) is 11.8. The van der Waals surface area contributed by atoms with Crippen molar-refractivity contribution < 1.29 is 14.7 Å². The van der Waals surface area contributed by atoms with E-state index in [0.29, 0.717) is 12.8 Å². The molecule has 1 atom stereocenters. The number of hydroxylamine groups is 2. The summed E-state index contributed by atoms with van der Waals surface area (Å²) in [6, 6.07) is 0. The first-order valence-corrected chi connectivity index (χ1v) is 6.22. The summed E-state index contributed by atoms with van der Waals surface area (Å²) in [5.41, 5.74) is -0.546. The molecule has 0 aromatic carbocycles. The maximum absolute atomic E-state index is 11.3. The molecule has 0 saturated carbocycles. The summed E-state index contributed by atoms with van der Waals surface area (Å²) in [7, 11) is 0. The van der Waals surface area contributed by atoms with E-state index in [0.717, 1.165) is 0 Å². The van der Waals surface area contributed by atoms with Crippen molar-refractivity contribution in [3.05, 3.63) is 0 Å². The predicted molar refractivity (Wildman–Crippen MR) is 66.5 cm³/mol. The Kier molecular flexibility index (Phi) is 4.01. The van der Waals surface area contributed by atoms with E-state index in [1.165, 1.54) is 6.92 Å². The van der Waals surface area contributed by atoms with Gasteiger partial charge in [-0.05, 0) is 54.4 Å². The fraction of sp³-hybridized carbons (Fsp3) is 0.923. The molecule has 17 heavy (non-hydrogen) atoms. The molecule has 1 aliphatic rings. The van der Waals surface area contributed by atoms with Gasteiger partial charge in [0, 0.05) is 11.1 Å². The van der Waals surface area contributed by atoms with Crippen LogP contribution < -0.4 is 0 Å². The van der Waals surface area contributed by atoms with E-state index < -0.39 is 6.10 Å². The number of ketones is 1. The zero-order valence-electron chi connectivity index (χ0n) is 11.8. The van der Waals surface area contributed by atoms with Crippen LogP contribution in [0.5, 0.6) is 0 Å². The second-order valence-corrected chi connectivity index (χ2v) is 6.34. The number of rotatable bonds is 3. The molecule has 1 heterocycles. The average molecular weight is 243 g/mol.